The van der Waals surface area contributed by atoms with E-state index in [1.54, 1.807) is 0 Å². The summed E-state index contributed by atoms with van der Waals surface area (Å²) in [4.78, 5) is 0. The molecule has 0 aliphatic heterocycles. The fraction of sp³-hybridized carbons (Fsp3) is 0.471. The van der Waals surface area contributed by atoms with E-state index in [2.05, 4.69) is 77.9 Å². The fourth-order valence-corrected chi connectivity index (χ4v) is 6.63. The summed E-state index contributed by atoms with van der Waals surface area (Å²) in [6.07, 6.45) is 3.94. The quantitative estimate of drug-likeness (QED) is 0.333. The van der Waals surface area contributed by atoms with Gasteiger partial charge in [0.15, 0.2) is 0 Å². The van der Waals surface area contributed by atoms with Crippen molar-refractivity contribution in [2.45, 2.75) is 106 Å². The van der Waals surface area contributed by atoms with E-state index in [1.807, 2.05) is 27.7 Å². The van der Waals surface area contributed by atoms with Gasteiger partial charge in [-0.15, -0.1) is 0 Å². The van der Waals surface area contributed by atoms with E-state index < -0.39 is 0 Å². The first kappa shape index (κ1) is 27.8. The molecule has 0 fully saturated rings. The Labute approximate surface area is 219 Å². The van der Waals surface area contributed by atoms with Crippen LogP contribution in [0.25, 0.3) is 0 Å². The second kappa shape index (κ2) is 10.3. The molecule has 0 aliphatic carbocycles. The highest BCUT2D eigenvalue weighted by molar-refractivity contribution is 5.57. The zero-order valence-electron chi connectivity index (χ0n) is 24.2. The number of hydrogen-bond donors (Lipinski definition) is 2. The van der Waals surface area contributed by atoms with Crippen molar-refractivity contribution >= 4 is 0 Å². The molecule has 0 aromatic heterocycles. The highest BCUT2D eigenvalue weighted by Crippen LogP contribution is 2.47. The number of phenols is 2. The van der Waals surface area contributed by atoms with Gasteiger partial charge in [-0.2, -0.15) is 0 Å². The summed E-state index contributed by atoms with van der Waals surface area (Å²) < 4.78 is 0. The van der Waals surface area contributed by atoms with Gasteiger partial charge in [0.25, 0.3) is 0 Å². The minimum atomic E-state index is -0.133. The summed E-state index contributed by atoms with van der Waals surface area (Å²) in [5.74, 6) is 0.825. The van der Waals surface area contributed by atoms with Crippen molar-refractivity contribution in [3.8, 4) is 11.5 Å². The van der Waals surface area contributed by atoms with E-state index >= 15 is 0 Å². The zero-order chi connectivity index (χ0) is 27.0. The molecule has 0 amide bonds. The van der Waals surface area contributed by atoms with Crippen molar-refractivity contribution in [1.29, 1.82) is 0 Å². The van der Waals surface area contributed by atoms with Crippen molar-refractivity contribution in [2.75, 3.05) is 0 Å². The first-order chi connectivity index (χ1) is 16.9. The standard InChI is InChI=1S/C34H46O2/c1-11-33(12-2,29-18-21(5)31(35)25(9)23(29)7)27-16-15-17-28(20-27)34(13-3,14-4)30-19-22(6)32(36)26(10)24(30)8/h15-20,35-36H,11-14H2,1-10H3. The Morgan fingerprint density at radius 1 is 0.528 bits per heavy atom. The molecule has 3 aromatic carbocycles. The van der Waals surface area contributed by atoms with Gasteiger partial charge >= 0.3 is 0 Å². The smallest absolute Gasteiger partial charge is 0.121 e. The minimum Gasteiger partial charge on any atom is -0.507 e. The average molecular weight is 487 g/mol. The maximum Gasteiger partial charge on any atom is 0.121 e. The molecule has 194 valence electrons. The van der Waals surface area contributed by atoms with Crippen LogP contribution in [0.15, 0.2) is 36.4 Å². The number of benzene rings is 3. The van der Waals surface area contributed by atoms with Crippen LogP contribution in [0.2, 0.25) is 0 Å². The van der Waals surface area contributed by atoms with Crippen LogP contribution < -0.4 is 0 Å². The molecule has 0 unspecified atom stereocenters. The molecule has 2 N–H and O–H groups in total. The molecular formula is C34H46O2. The molecule has 0 saturated heterocycles. The molecule has 0 atom stereocenters. The highest BCUT2D eigenvalue weighted by atomic mass is 16.3. The van der Waals surface area contributed by atoms with Gasteiger partial charge in [0.05, 0.1) is 0 Å². The van der Waals surface area contributed by atoms with Crippen molar-refractivity contribution in [2.24, 2.45) is 0 Å². The Bertz CT molecular complexity index is 1160. The van der Waals surface area contributed by atoms with E-state index in [0.717, 1.165) is 47.9 Å². The van der Waals surface area contributed by atoms with E-state index in [0.29, 0.717) is 11.5 Å². The van der Waals surface area contributed by atoms with Crippen LogP contribution in [-0.2, 0) is 10.8 Å². The van der Waals surface area contributed by atoms with Crippen LogP contribution in [-0.4, -0.2) is 10.2 Å². The molecule has 2 nitrogen and oxygen atoms in total. The van der Waals surface area contributed by atoms with Crippen LogP contribution in [0.3, 0.4) is 0 Å². The molecular weight excluding hydrogens is 440 g/mol. The molecule has 2 heteroatoms. The third kappa shape index (κ3) is 4.13. The number of phenolic OH excluding ortho intramolecular Hbond substituents is 2. The summed E-state index contributed by atoms with van der Waals surface area (Å²) in [7, 11) is 0. The first-order valence-electron chi connectivity index (χ1n) is 13.7. The monoisotopic (exact) mass is 486 g/mol. The predicted molar refractivity (Wildman–Crippen MR) is 154 cm³/mol. The molecule has 0 bridgehead atoms. The summed E-state index contributed by atoms with van der Waals surface area (Å²) in [6, 6.07) is 13.7. The highest BCUT2D eigenvalue weighted by Gasteiger charge is 2.37. The van der Waals surface area contributed by atoms with Crippen LogP contribution in [0.1, 0.15) is 109 Å². The van der Waals surface area contributed by atoms with E-state index in [-0.39, 0.29) is 10.8 Å². The van der Waals surface area contributed by atoms with E-state index in [4.69, 9.17) is 0 Å². The lowest BCUT2D eigenvalue weighted by Gasteiger charge is -2.39. The molecule has 0 radical (unpaired) electrons. The number of aryl methyl sites for hydroxylation is 2. The van der Waals surface area contributed by atoms with Gasteiger partial charge in [-0.3, -0.25) is 0 Å². The van der Waals surface area contributed by atoms with Gasteiger partial charge in [0.1, 0.15) is 11.5 Å². The van der Waals surface area contributed by atoms with Crippen molar-refractivity contribution in [3.05, 3.63) is 92.0 Å². The molecule has 0 heterocycles. The number of aromatic hydroxyl groups is 2. The summed E-state index contributed by atoms with van der Waals surface area (Å²) in [5.41, 5.74) is 11.3. The SMILES string of the molecule is CCC(CC)(c1cccc(C(CC)(CC)c2cc(C)c(O)c(C)c2C)c1)c1cc(C)c(O)c(C)c1C. The molecule has 3 aromatic rings. The third-order valence-electron chi connectivity index (χ3n) is 9.53. The fourth-order valence-electron chi connectivity index (χ4n) is 6.63. The van der Waals surface area contributed by atoms with Crippen LogP contribution >= 0.6 is 0 Å². The Kier molecular flexibility index (Phi) is 7.98. The van der Waals surface area contributed by atoms with Gasteiger partial charge in [-0.05, 0) is 123 Å². The molecule has 0 saturated carbocycles. The third-order valence-corrected chi connectivity index (χ3v) is 9.53. The maximum atomic E-state index is 10.6. The van der Waals surface area contributed by atoms with Gasteiger partial charge in [0, 0.05) is 10.8 Å². The maximum absolute atomic E-state index is 10.6. The Morgan fingerprint density at radius 2 is 0.861 bits per heavy atom. The van der Waals surface area contributed by atoms with Crippen molar-refractivity contribution in [1.82, 2.24) is 0 Å². The Morgan fingerprint density at radius 3 is 1.17 bits per heavy atom. The van der Waals surface area contributed by atoms with Gasteiger partial charge in [-0.1, -0.05) is 64.1 Å². The van der Waals surface area contributed by atoms with Gasteiger partial charge in [0.2, 0.25) is 0 Å². The Balaban J connectivity index is 2.33. The van der Waals surface area contributed by atoms with Crippen molar-refractivity contribution < 1.29 is 10.2 Å². The van der Waals surface area contributed by atoms with Gasteiger partial charge < -0.3 is 10.2 Å². The number of hydrogen-bond acceptors (Lipinski definition) is 2. The molecule has 0 spiro atoms. The summed E-state index contributed by atoms with van der Waals surface area (Å²) in [5, 5.41) is 21.2. The van der Waals surface area contributed by atoms with E-state index in [9.17, 15) is 10.2 Å². The second-order valence-corrected chi connectivity index (χ2v) is 10.8. The molecule has 3 rings (SSSR count). The van der Waals surface area contributed by atoms with Crippen LogP contribution in [0.5, 0.6) is 11.5 Å². The first-order valence-corrected chi connectivity index (χ1v) is 13.7. The normalized spacial score (nSPS) is 12.3. The average Bonchev–Trinajstić information content (AvgIpc) is 2.89. The largest absolute Gasteiger partial charge is 0.507 e. The molecule has 0 aliphatic rings. The second-order valence-electron chi connectivity index (χ2n) is 10.8. The van der Waals surface area contributed by atoms with Gasteiger partial charge in [-0.25, -0.2) is 0 Å². The minimum absolute atomic E-state index is 0.133. The van der Waals surface area contributed by atoms with E-state index in [1.165, 1.54) is 33.4 Å². The topological polar surface area (TPSA) is 40.5 Å². The zero-order valence-corrected chi connectivity index (χ0v) is 24.2. The summed E-state index contributed by atoms with van der Waals surface area (Å²) in [6.45, 7) is 21.5. The lowest BCUT2D eigenvalue weighted by atomic mass is 9.64. The lowest BCUT2D eigenvalue weighted by Crippen LogP contribution is -2.31. The predicted octanol–water partition coefficient (Wildman–Crippen LogP) is 9.16. The number of rotatable bonds is 8. The molecule has 36 heavy (non-hydrogen) atoms. The summed E-state index contributed by atoms with van der Waals surface area (Å²) >= 11 is 0. The van der Waals surface area contributed by atoms with Crippen LogP contribution in [0.4, 0.5) is 0 Å². The van der Waals surface area contributed by atoms with Crippen molar-refractivity contribution in [3.63, 3.8) is 0 Å². The lowest BCUT2D eigenvalue weighted by molar-refractivity contribution is 0.448. The van der Waals surface area contributed by atoms with Crippen LogP contribution in [0, 0.1) is 41.5 Å². The Hall–Kier alpha value is -2.74.